The molecule has 4 nitrogen and oxygen atoms in total. The molecule has 3 heterocycles. The molecule has 0 atom stereocenters. The lowest BCUT2D eigenvalue weighted by Gasteiger charge is -2.28. The first kappa shape index (κ1) is 18.1. The number of aromatic nitrogens is 1. The van der Waals surface area contributed by atoms with Gasteiger partial charge in [-0.1, -0.05) is 26.0 Å². The molecule has 1 aromatic carbocycles. The molecule has 1 aliphatic heterocycles. The van der Waals surface area contributed by atoms with E-state index in [9.17, 15) is 4.79 Å². The summed E-state index contributed by atoms with van der Waals surface area (Å²) in [5.74, 6) is 1.40. The molecule has 2 aromatic heterocycles. The SMILES string of the molecule is CC(C)c1ccc(NC(=O)c2ccc(N3CCSc4ncccc43)s2)cc1. The molecule has 3 aromatic rings. The van der Waals surface area contributed by atoms with Crippen LogP contribution in [0.15, 0.2) is 59.8 Å². The van der Waals surface area contributed by atoms with E-state index in [1.165, 1.54) is 16.9 Å². The average Bonchev–Trinajstić information content (AvgIpc) is 3.18. The minimum atomic E-state index is -0.0682. The van der Waals surface area contributed by atoms with Crippen molar-refractivity contribution in [3.8, 4) is 0 Å². The number of fused-ring (bicyclic) bond motifs is 1. The molecule has 1 amide bonds. The Morgan fingerprint density at radius 1 is 1.15 bits per heavy atom. The van der Waals surface area contributed by atoms with E-state index < -0.39 is 0 Å². The van der Waals surface area contributed by atoms with Crippen molar-refractivity contribution in [2.75, 3.05) is 22.5 Å². The normalized spacial score (nSPS) is 13.5. The van der Waals surface area contributed by atoms with E-state index in [4.69, 9.17) is 0 Å². The Balaban J connectivity index is 1.50. The number of rotatable bonds is 4. The minimum Gasteiger partial charge on any atom is -0.330 e. The predicted molar refractivity (Wildman–Crippen MR) is 115 cm³/mol. The third-order valence-corrected chi connectivity index (χ3v) is 6.59. The van der Waals surface area contributed by atoms with E-state index in [0.29, 0.717) is 10.8 Å². The number of benzene rings is 1. The van der Waals surface area contributed by atoms with Crippen molar-refractivity contribution in [3.05, 3.63) is 65.2 Å². The Hall–Kier alpha value is -2.31. The topological polar surface area (TPSA) is 45.2 Å². The van der Waals surface area contributed by atoms with Gasteiger partial charge in [0.1, 0.15) is 5.03 Å². The zero-order chi connectivity index (χ0) is 18.8. The van der Waals surface area contributed by atoms with Crippen LogP contribution in [0.2, 0.25) is 0 Å². The summed E-state index contributed by atoms with van der Waals surface area (Å²) in [5, 5.41) is 5.12. The Kier molecular flexibility index (Phi) is 5.18. The maximum absolute atomic E-state index is 12.6. The van der Waals surface area contributed by atoms with Crippen LogP contribution in [-0.2, 0) is 0 Å². The number of nitrogens with zero attached hydrogens (tertiary/aromatic N) is 2. The van der Waals surface area contributed by atoms with Gasteiger partial charge in [-0.05, 0) is 47.9 Å². The summed E-state index contributed by atoms with van der Waals surface area (Å²) in [6.07, 6.45) is 1.83. The molecule has 6 heteroatoms. The molecule has 27 heavy (non-hydrogen) atoms. The van der Waals surface area contributed by atoms with Crippen molar-refractivity contribution in [2.45, 2.75) is 24.8 Å². The molecule has 0 bridgehead atoms. The third-order valence-electron chi connectivity index (χ3n) is 4.51. The standard InChI is InChI=1S/C21H21N3OS2/c1-14(2)15-5-7-16(8-6-15)23-20(25)18-9-10-19(27-18)24-12-13-26-21-17(24)4-3-11-22-21/h3-11,14H,12-13H2,1-2H3,(H,23,25). The Labute approximate surface area is 167 Å². The summed E-state index contributed by atoms with van der Waals surface area (Å²) in [6, 6.07) is 16.0. The number of nitrogens with one attached hydrogen (secondary N) is 1. The summed E-state index contributed by atoms with van der Waals surface area (Å²) >= 11 is 3.29. The lowest BCUT2D eigenvalue weighted by atomic mass is 10.0. The second-order valence-electron chi connectivity index (χ2n) is 6.70. The van der Waals surface area contributed by atoms with Gasteiger partial charge in [-0.3, -0.25) is 4.79 Å². The summed E-state index contributed by atoms with van der Waals surface area (Å²) < 4.78 is 0. The van der Waals surface area contributed by atoms with Gasteiger partial charge in [0.25, 0.3) is 5.91 Å². The van der Waals surface area contributed by atoms with Crippen molar-refractivity contribution in [1.82, 2.24) is 4.98 Å². The Morgan fingerprint density at radius 2 is 1.96 bits per heavy atom. The molecule has 0 fully saturated rings. The van der Waals surface area contributed by atoms with Gasteiger partial charge in [-0.2, -0.15) is 0 Å². The fraction of sp³-hybridized carbons (Fsp3) is 0.238. The Morgan fingerprint density at radius 3 is 2.74 bits per heavy atom. The average molecular weight is 396 g/mol. The number of hydrogen-bond acceptors (Lipinski definition) is 5. The van der Waals surface area contributed by atoms with Gasteiger partial charge in [0, 0.05) is 24.2 Å². The van der Waals surface area contributed by atoms with Gasteiger partial charge in [-0.15, -0.1) is 23.1 Å². The van der Waals surface area contributed by atoms with Gasteiger partial charge in [0.15, 0.2) is 0 Å². The van der Waals surface area contributed by atoms with Gasteiger partial charge >= 0.3 is 0 Å². The van der Waals surface area contributed by atoms with Gasteiger partial charge < -0.3 is 10.2 Å². The zero-order valence-corrected chi connectivity index (χ0v) is 16.9. The molecule has 0 spiro atoms. The van der Waals surface area contributed by atoms with Crippen LogP contribution in [0.3, 0.4) is 0 Å². The molecule has 138 valence electrons. The molecule has 0 saturated carbocycles. The first-order valence-corrected chi connectivity index (χ1v) is 10.8. The number of pyridine rings is 1. The molecular formula is C21H21N3OS2. The molecular weight excluding hydrogens is 374 g/mol. The quantitative estimate of drug-likeness (QED) is 0.610. The summed E-state index contributed by atoms with van der Waals surface area (Å²) in [7, 11) is 0. The zero-order valence-electron chi connectivity index (χ0n) is 15.3. The largest absolute Gasteiger partial charge is 0.330 e. The lowest BCUT2D eigenvalue weighted by Crippen LogP contribution is -2.23. The second-order valence-corrected chi connectivity index (χ2v) is 8.84. The fourth-order valence-corrected chi connectivity index (χ4v) is 4.89. The monoisotopic (exact) mass is 395 g/mol. The van der Waals surface area contributed by atoms with Crippen molar-refractivity contribution >= 4 is 45.4 Å². The summed E-state index contributed by atoms with van der Waals surface area (Å²) in [4.78, 5) is 20.1. The van der Waals surface area contributed by atoms with Crippen molar-refractivity contribution in [3.63, 3.8) is 0 Å². The van der Waals surface area contributed by atoms with Crippen LogP contribution in [0.5, 0.6) is 0 Å². The molecule has 0 aliphatic carbocycles. The van der Waals surface area contributed by atoms with E-state index in [0.717, 1.165) is 33.7 Å². The van der Waals surface area contributed by atoms with Gasteiger partial charge in [0.05, 0.1) is 15.6 Å². The fourth-order valence-electron chi connectivity index (χ4n) is 3.02. The maximum Gasteiger partial charge on any atom is 0.265 e. The number of thioether (sulfide) groups is 1. The van der Waals surface area contributed by atoms with E-state index in [2.05, 4.69) is 47.2 Å². The van der Waals surface area contributed by atoms with Crippen LogP contribution in [0.25, 0.3) is 0 Å². The minimum absolute atomic E-state index is 0.0682. The highest BCUT2D eigenvalue weighted by molar-refractivity contribution is 7.99. The first-order valence-electron chi connectivity index (χ1n) is 8.98. The third kappa shape index (κ3) is 3.87. The molecule has 0 unspecified atom stereocenters. The maximum atomic E-state index is 12.6. The Bertz CT molecular complexity index is 950. The highest BCUT2D eigenvalue weighted by Crippen LogP contribution is 2.40. The van der Waals surface area contributed by atoms with Crippen LogP contribution in [0, 0.1) is 0 Å². The van der Waals surface area contributed by atoms with Crippen LogP contribution in [0.1, 0.15) is 35.0 Å². The molecule has 4 rings (SSSR count). The van der Waals surface area contributed by atoms with Gasteiger partial charge in [0.2, 0.25) is 0 Å². The van der Waals surface area contributed by atoms with Crippen molar-refractivity contribution in [1.29, 1.82) is 0 Å². The van der Waals surface area contributed by atoms with Crippen molar-refractivity contribution in [2.24, 2.45) is 0 Å². The summed E-state index contributed by atoms with van der Waals surface area (Å²) in [6.45, 7) is 5.24. The van der Waals surface area contributed by atoms with E-state index in [-0.39, 0.29) is 5.91 Å². The van der Waals surface area contributed by atoms with E-state index in [1.807, 2.05) is 36.5 Å². The second kappa shape index (κ2) is 7.74. The van der Waals surface area contributed by atoms with Gasteiger partial charge in [-0.25, -0.2) is 4.98 Å². The first-order chi connectivity index (χ1) is 13.1. The molecule has 0 radical (unpaired) electrons. The van der Waals surface area contributed by atoms with Crippen molar-refractivity contribution < 1.29 is 4.79 Å². The summed E-state index contributed by atoms with van der Waals surface area (Å²) in [5.41, 5.74) is 3.21. The van der Waals surface area contributed by atoms with Crippen LogP contribution in [0.4, 0.5) is 16.4 Å². The number of thiophene rings is 1. The number of anilines is 3. The van der Waals surface area contributed by atoms with Crippen LogP contribution >= 0.6 is 23.1 Å². The predicted octanol–water partition coefficient (Wildman–Crippen LogP) is 5.76. The smallest absolute Gasteiger partial charge is 0.265 e. The number of carbonyl (C=O) groups is 1. The highest BCUT2D eigenvalue weighted by Gasteiger charge is 2.21. The molecule has 0 saturated heterocycles. The van der Waals surface area contributed by atoms with Crippen LogP contribution in [-0.4, -0.2) is 23.2 Å². The number of hydrogen-bond donors (Lipinski definition) is 1. The van der Waals surface area contributed by atoms with Crippen LogP contribution < -0.4 is 10.2 Å². The lowest BCUT2D eigenvalue weighted by molar-refractivity contribution is 0.103. The number of carbonyl (C=O) groups excluding carboxylic acids is 1. The molecule has 1 N–H and O–H groups in total. The molecule has 1 aliphatic rings. The van der Waals surface area contributed by atoms with E-state index >= 15 is 0 Å². The van der Waals surface area contributed by atoms with E-state index in [1.54, 1.807) is 11.8 Å². The number of amides is 1. The highest BCUT2D eigenvalue weighted by atomic mass is 32.2.